The molecule has 2 amide bonds. The molecule has 114 valence electrons. The summed E-state index contributed by atoms with van der Waals surface area (Å²) in [5, 5.41) is 5.32. The molecular weight excluding hydrogens is 280 g/mol. The van der Waals surface area contributed by atoms with Crippen molar-refractivity contribution < 1.29 is 14.3 Å². The van der Waals surface area contributed by atoms with Gasteiger partial charge in [-0.15, -0.1) is 0 Å². The minimum Gasteiger partial charge on any atom is -0.467 e. The van der Waals surface area contributed by atoms with Crippen molar-refractivity contribution in [2.45, 2.75) is 12.5 Å². The molecule has 0 radical (unpaired) electrons. The van der Waals surface area contributed by atoms with Crippen LogP contribution in [0.2, 0.25) is 0 Å². The Bertz CT molecular complexity index is 614. The molecule has 0 saturated carbocycles. The maximum Gasteiger partial charge on any atom is 0.328 e. The molecule has 2 aromatic carbocycles. The normalized spacial score (nSPS) is 11.3. The van der Waals surface area contributed by atoms with Gasteiger partial charge in [-0.2, -0.15) is 0 Å². The zero-order chi connectivity index (χ0) is 15.8. The van der Waals surface area contributed by atoms with Crippen LogP contribution in [0.1, 0.15) is 5.56 Å². The van der Waals surface area contributed by atoms with E-state index in [4.69, 9.17) is 4.74 Å². The highest BCUT2D eigenvalue weighted by Crippen LogP contribution is 2.07. The average Bonchev–Trinajstić information content (AvgIpc) is 2.55. The molecule has 5 nitrogen and oxygen atoms in total. The van der Waals surface area contributed by atoms with E-state index in [9.17, 15) is 9.59 Å². The van der Waals surface area contributed by atoms with Gasteiger partial charge in [0.15, 0.2) is 0 Å². The Labute approximate surface area is 129 Å². The van der Waals surface area contributed by atoms with Gasteiger partial charge in [-0.3, -0.25) is 0 Å². The second-order valence-electron chi connectivity index (χ2n) is 4.73. The van der Waals surface area contributed by atoms with Crippen molar-refractivity contribution in [3.05, 3.63) is 66.2 Å². The van der Waals surface area contributed by atoms with E-state index in [1.54, 1.807) is 12.1 Å². The molecule has 1 atom stereocenters. The van der Waals surface area contributed by atoms with Crippen LogP contribution in [-0.2, 0) is 16.0 Å². The fourth-order valence-corrected chi connectivity index (χ4v) is 2.03. The molecule has 1 unspecified atom stereocenters. The van der Waals surface area contributed by atoms with Crippen LogP contribution in [0.25, 0.3) is 0 Å². The van der Waals surface area contributed by atoms with Crippen molar-refractivity contribution in [2.75, 3.05) is 12.4 Å². The number of carbonyl (C=O) groups excluding carboxylic acids is 2. The van der Waals surface area contributed by atoms with Gasteiger partial charge in [0.25, 0.3) is 0 Å². The highest BCUT2D eigenvalue weighted by Gasteiger charge is 2.21. The number of ether oxygens (including phenoxy) is 1. The summed E-state index contributed by atoms with van der Waals surface area (Å²) < 4.78 is 4.75. The second-order valence-corrected chi connectivity index (χ2v) is 4.73. The summed E-state index contributed by atoms with van der Waals surface area (Å²) >= 11 is 0. The van der Waals surface area contributed by atoms with Crippen LogP contribution in [0.4, 0.5) is 10.5 Å². The summed E-state index contributed by atoms with van der Waals surface area (Å²) in [6, 6.07) is 17.3. The number of esters is 1. The van der Waals surface area contributed by atoms with Crippen molar-refractivity contribution in [3.63, 3.8) is 0 Å². The zero-order valence-electron chi connectivity index (χ0n) is 12.3. The van der Waals surface area contributed by atoms with Gasteiger partial charge in [-0.1, -0.05) is 48.5 Å². The van der Waals surface area contributed by atoms with Crippen LogP contribution in [0, 0.1) is 0 Å². The monoisotopic (exact) mass is 298 g/mol. The molecule has 0 aliphatic rings. The van der Waals surface area contributed by atoms with E-state index in [2.05, 4.69) is 10.6 Å². The van der Waals surface area contributed by atoms with Crippen LogP contribution in [0.15, 0.2) is 60.7 Å². The Hall–Kier alpha value is -2.82. The number of nitrogens with one attached hydrogen (secondary N) is 2. The molecule has 0 saturated heterocycles. The topological polar surface area (TPSA) is 67.4 Å². The predicted octanol–water partition coefficient (Wildman–Crippen LogP) is 2.59. The first kappa shape index (κ1) is 15.6. The maximum absolute atomic E-state index is 12.0. The van der Waals surface area contributed by atoms with Crippen molar-refractivity contribution in [1.29, 1.82) is 0 Å². The van der Waals surface area contributed by atoms with Gasteiger partial charge in [0, 0.05) is 12.1 Å². The molecule has 2 aromatic rings. The summed E-state index contributed by atoms with van der Waals surface area (Å²) in [7, 11) is 1.30. The molecular formula is C17H18N2O3. The molecule has 0 heterocycles. The number of benzene rings is 2. The first-order chi connectivity index (χ1) is 10.7. The van der Waals surface area contributed by atoms with E-state index in [1.165, 1.54) is 7.11 Å². The third-order valence-electron chi connectivity index (χ3n) is 3.11. The van der Waals surface area contributed by atoms with Gasteiger partial charge in [0.1, 0.15) is 6.04 Å². The molecule has 0 spiro atoms. The number of amides is 2. The number of carbonyl (C=O) groups is 2. The summed E-state index contributed by atoms with van der Waals surface area (Å²) in [5.41, 5.74) is 1.60. The molecule has 0 aromatic heterocycles. The van der Waals surface area contributed by atoms with E-state index in [1.807, 2.05) is 48.5 Å². The lowest BCUT2D eigenvalue weighted by Crippen LogP contribution is -2.45. The van der Waals surface area contributed by atoms with Gasteiger partial charge in [0.2, 0.25) is 0 Å². The minimum atomic E-state index is -0.740. The molecule has 22 heavy (non-hydrogen) atoms. The van der Waals surface area contributed by atoms with Gasteiger partial charge in [0.05, 0.1) is 7.11 Å². The third-order valence-corrected chi connectivity index (χ3v) is 3.11. The standard InChI is InChI=1S/C17H18N2O3/c1-22-16(20)15(12-13-8-4-2-5-9-13)19-17(21)18-14-10-6-3-7-11-14/h2-11,15H,12H2,1H3,(H2,18,19,21). The quantitative estimate of drug-likeness (QED) is 0.834. The maximum atomic E-state index is 12.0. The summed E-state index contributed by atoms with van der Waals surface area (Å²) in [6.45, 7) is 0. The smallest absolute Gasteiger partial charge is 0.328 e. The average molecular weight is 298 g/mol. The van der Waals surface area contributed by atoms with Gasteiger partial charge in [-0.25, -0.2) is 9.59 Å². The Morgan fingerprint density at radius 3 is 2.18 bits per heavy atom. The summed E-state index contributed by atoms with van der Waals surface area (Å²) in [5.74, 6) is -0.480. The van der Waals surface area contributed by atoms with E-state index in [-0.39, 0.29) is 0 Å². The predicted molar refractivity (Wildman–Crippen MR) is 84.5 cm³/mol. The Balaban J connectivity index is 2.00. The molecule has 0 bridgehead atoms. The number of methoxy groups -OCH3 is 1. The summed E-state index contributed by atoms with van der Waals surface area (Å²) in [4.78, 5) is 23.8. The Kier molecular flexibility index (Phi) is 5.54. The van der Waals surface area contributed by atoms with E-state index in [0.29, 0.717) is 12.1 Å². The van der Waals surface area contributed by atoms with Crippen LogP contribution in [0.5, 0.6) is 0 Å². The fourth-order valence-electron chi connectivity index (χ4n) is 2.03. The number of urea groups is 1. The third kappa shape index (κ3) is 4.63. The van der Waals surface area contributed by atoms with Crippen molar-refractivity contribution in [2.24, 2.45) is 0 Å². The van der Waals surface area contributed by atoms with Crippen LogP contribution >= 0.6 is 0 Å². The molecule has 0 aliphatic carbocycles. The molecule has 0 fully saturated rings. The first-order valence-electron chi connectivity index (χ1n) is 6.93. The van der Waals surface area contributed by atoms with E-state index >= 15 is 0 Å². The fraction of sp³-hybridized carbons (Fsp3) is 0.176. The molecule has 5 heteroatoms. The Morgan fingerprint density at radius 2 is 1.59 bits per heavy atom. The van der Waals surface area contributed by atoms with Gasteiger partial charge in [-0.05, 0) is 17.7 Å². The van der Waals surface area contributed by atoms with Crippen molar-refractivity contribution in [1.82, 2.24) is 5.32 Å². The lowest BCUT2D eigenvalue weighted by molar-refractivity contribution is -0.142. The molecule has 0 aliphatic heterocycles. The number of para-hydroxylation sites is 1. The number of hydrogen-bond acceptors (Lipinski definition) is 3. The first-order valence-corrected chi connectivity index (χ1v) is 6.93. The minimum absolute atomic E-state index is 0.371. The second kappa shape index (κ2) is 7.83. The van der Waals surface area contributed by atoms with Gasteiger partial charge >= 0.3 is 12.0 Å². The largest absolute Gasteiger partial charge is 0.467 e. The Morgan fingerprint density at radius 1 is 1.00 bits per heavy atom. The SMILES string of the molecule is COC(=O)C(Cc1ccccc1)NC(=O)Nc1ccccc1. The van der Waals surface area contributed by atoms with E-state index < -0.39 is 18.0 Å². The number of rotatable bonds is 5. The van der Waals surface area contributed by atoms with Crippen molar-refractivity contribution >= 4 is 17.7 Å². The van der Waals surface area contributed by atoms with E-state index in [0.717, 1.165) is 5.56 Å². The zero-order valence-corrected chi connectivity index (χ0v) is 12.3. The van der Waals surface area contributed by atoms with Gasteiger partial charge < -0.3 is 15.4 Å². The molecule has 2 N–H and O–H groups in total. The number of anilines is 1. The number of hydrogen-bond donors (Lipinski definition) is 2. The van der Waals surface area contributed by atoms with Crippen LogP contribution in [-0.4, -0.2) is 25.2 Å². The highest BCUT2D eigenvalue weighted by atomic mass is 16.5. The summed E-state index contributed by atoms with van der Waals surface area (Å²) in [6.07, 6.45) is 0.371. The van der Waals surface area contributed by atoms with Crippen molar-refractivity contribution in [3.8, 4) is 0 Å². The lowest BCUT2D eigenvalue weighted by Gasteiger charge is -2.17. The highest BCUT2D eigenvalue weighted by molar-refractivity contribution is 5.92. The lowest BCUT2D eigenvalue weighted by atomic mass is 10.1. The van der Waals surface area contributed by atoms with Crippen LogP contribution < -0.4 is 10.6 Å². The van der Waals surface area contributed by atoms with Crippen LogP contribution in [0.3, 0.4) is 0 Å². The molecule has 2 rings (SSSR count).